The van der Waals surface area contributed by atoms with Crippen molar-refractivity contribution in [2.24, 2.45) is 0 Å². The highest BCUT2D eigenvalue weighted by atomic mass is 16.5. The zero-order chi connectivity index (χ0) is 20.1. The Kier molecular flexibility index (Phi) is 6.32. The topological polar surface area (TPSA) is 70.5 Å². The largest absolute Gasteiger partial charge is 0.465 e. The van der Waals surface area contributed by atoms with Crippen LogP contribution in [0.2, 0.25) is 0 Å². The van der Waals surface area contributed by atoms with E-state index in [1.54, 1.807) is 0 Å². The predicted octanol–water partition coefficient (Wildman–Crippen LogP) is 3.58. The van der Waals surface area contributed by atoms with Crippen molar-refractivity contribution in [3.63, 3.8) is 0 Å². The molecule has 4 rings (SSSR count). The Morgan fingerprint density at radius 2 is 2.03 bits per heavy atom. The summed E-state index contributed by atoms with van der Waals surface area (Å²) < 4.78 is 11.3. The molecular weight excluding hydrogens is 366 g/mol. The molecule has 0 radical (unpaired) electrons. The molecule has 6 nitrogen and oxygen atoms in total. The Hall–Kier alpha value is -2.57. The van der Waals surface area contributed by atoms with Gasteiger partial charge in [0.25, 0.3) is 0 Å². The molecule has 2 aromatic heterocycles. The van der Waals surface area contributed by atoms with Gasteiger partial charge in [0.05, 0.1) is 19.3 Å². The van der Waals surface area contributed by atoms with Crippen LogP contribution in [-0.4, -0.2) is 48.6 Å². The van der Waals surface area contributed by atoms with Crippen molar-refractivity contribution in [1.82, 2.24) is 15.2 Å². The minimum Gasteiger partial charge on any atom is -0.465 e. The van der Waals surface area contributed by atoms with Gasteiger partial charge < -0.3 is 19.5 Å². The fourth-order valence-corrected chi connectivity index (χ4v) is 4.01. The number of nitrogens with zero attached hydrogens (tertiary/aromatic N) is 1. The summed E-state index contributed by atoms with van der Waals surface area (Å²) in [6.45, 7) is 5.63. The lowest BCUT2D eigenvalue weighted by Crippen LogP contribution is -2.43. The van der Waals surface area contributed by atoms with Crippen LogP contribution in [0.1, 0.15) is 36.0 Å². The second-order valence-corrected chi connectivity index (χ2v) is 7.63. The number of furan rings is 1. The van der Waals surface area contributed by atoms with Gasteiger partial charge in [0.15, 0.2) is 0 Å². The lowest BCUT2D eigenvalue weighted by Gasteiger charge is -2.33. The van der Waals surface area contributed by atoms with Gasteiger partial charge >= 0.3 is 0 Å². The summed E-state index contributed by atoms with van der Waals surface area (Å²) in [6.07, 6.45) is 4.29. The van der Waals surface area contributed by atoms with E-state index in [1.807, 2.05) is 25.1 Å². The van der Waals surface area contributed by atoms with Gasteiger partial charge in [0.1, 0.15) is 11.5 Å². The summed E-state index contributed by atoms with van der Waals surface area (Å²) in [6, 6.07) is 12.3. The second kappa shape index (κ2) is 9.29. The van der Waals surface area contributed by atoms with Crippen LogP contribution in [0, 0.1) is 6.92 Å². The first-order chi connectivity index (χ1) is 14.2. The molecule has 1 atom stereocenters. The standard InChI is InChI=1S/C23H29N3O3/c1-17-9-10-22(29-17)21(26-11-13-28-14-12-26)16-25-23(27)8-4-5-18-15-24-20-7-3-2-6-19(18)20/h2-3,6-7,9-10,15,21,24H,4-5,8,11-14,16H2,1H3,(H,25,27)/t21-/m0/s1. The molecule has 154 valence electrons. The van der Waals surface area contributed by atoms with Crippen molar-refractivity contribution in [1.29, 1.82) is 0 Å². The van der Waals surface area contributed by atoms with Crippen LogP contribution in [0.5, 0.6) is 0 Å². The summed E-state index contributed by atoms with van der Waals surface area (Å²) in [4.78, 5) is 18.1. The summed E-state index contributed by atoms with van der Waals surface area (Å²) in [5, 5.41) is 4.36. The Morgan fingerprint density at radius 1 is 1.21 bits per heavy atom. The summed E-state index contributed by atoms with van der Waals surface area (Å²) in [5.41, 5.74) is 2.42. The van der Waals surface area contributed by atoms with E-state index in [9.17, 15) is 4.79 Å². The van der Waals surface area contributed by atoms with Gasteiger partial charge in [-0.3, -0.25) is 9.69 Å². The van der Waals surface area contributed by atoms with E-state index in [2.05, 4.69) is 39.6 Å². The van der Waals surface area contributed by atoms with Crippen LogP contribution in [-0.2, 0) is 16.0 Å². The number of H-pyrrole nitrogens is 1. The number of hydrogen-bond acceptors (Lipinski definition) is 4. The number of para-hydroxylation sites is 1. The molecule has 1 aliphatic rings. The Morgan fingerprint density at radius 3 is 2.83 bits per heavy atom. The molecule has 0 saturated carbocycles. The quantitative estimate of drug-likeness (QED) is 0.612. The number of fused-ring (bicyclic) bond motifs is 1. The molecular formula is C23H29N3O3. The number of amides is 1. The highest BCUT2D eigenvalue weighted by Gasteiger charge is 2.25. The number of carbonyl (C=O) groups is 1. The third-order valence-corrected chi connectivity index (χ3v) is 5.59. The number of aryl methyl sites for hydroxylation is 2. The minimum atomic E-state index is 0.0465. The van der Waals surface area contributed by atoms with E-state index < -0.39 is 0 Å². The Balaban J connectivity index is 1.29. The van der Waals surface area contributed by atoms with Crippen molar-refractivity contribution in [2.75, 3.05) is 32.8 Å². The molecule has 6 heteroatoms. The van der Waals surface area contributed by atoms with Crippen LogP contribution in [0.4, 0.5) is 0 Å². The van der Waals surface area contributed by atoms with Gasteiger partial charge in [0, 0.05) is 43.2 Å². The van der Waals surface area contributed by atoms with E-state index in [4.69, 9.17) is 9.15 Å². The first-order valence-electron chi connectivity index (χ1n) is 10.4. The molecule has 3 heterocycles. The number of carbonyl (C=O) groups excluding carboxylic acids is 1. The number of aromatic nitrogens is 1. The summed E-state index contributed by atoms with van der Waals surface area (Å²) in [7, 11) is 0. The SMILES string of the molecule is Cc1ccc([C@H](CNC(=O)CCCc2c[nH]c3ccccc23)N2CCOCC2)o1. The van der Waals surface area contributed by atoms with Gasteiger partial charge in [-0.25, -0.2) is 0 Å². The second-order valence-electron chi connectivity index (χ2n) is 7.63. The third kappa shape index (κ3) is 4.89. The maximum atomic E-state index is 12.5. The Bertz CT molecular complexity index is 940. The molecule has 1 saturated heterocycles. The van der Waals surface area contributed by atoms with Crippen molar-refractivity contribution in [2.45, 2.75) is 32.2 Å². The number of aromatic amines is 1. The van der Waals surface area contributed by atoms with E-state index in [0.717, 1.165) is 56.2 Å². The third-order valence-electron chi connectivity index (χ3n) is 5.59. The van der Waals surface area contributed by atoms with Crippen LogP contribution < -0.4 is 5.32 Å². The molecule has 1 amide bonds. The minimum absolute atomic E-state index is 0.0465. The van der Waals surface area contributed by atoms with Gasteiger partial charge in [-0.1, -0.05) is 18.2 Å². The van der Waals surface area contributed by atoms with Crippen molar-refractivity contribution in [3.8, 4) is 0 Å². The molecule has 0 spiro atoms. The number of morpholine rings is 1. The summed E-state index contributed by atoms with van der Waals surface area (Å²) in [5.74, 6) is 1.89. The number of hydrogen-bond donors (Lipinski definition) is 2. The van der Waals surface area contributed by atoms with E-state index in [-0.39, 0.29) is 11.9 Å². The highest BCUT2D eigenvalue weighted by molar-refractivity contribution is 5.83. The lowest BCUT2D eigenvalue weighted by molar-refractivity contribution is -0.121. The predicted molar refractivity (Wildman–Crippen MR) is 113 cm³/mol. The molecule has 1 fully saturated rings. The molecule has 1 aromatic carbocycles. The van der Waals surface area contributed by atoms with Crippen molar-refractivity contribution >= 4 is 16.8 Å². The van der Waals surface area contributed by atoms with Crippen molar-refractivity contribution < 1.29 is 13.9 Å². The van der Waals surface area contributed by atoms with Crippen LogP contribution in [0.3, 0.4) is 0 Å². The molecule has 2 N–H and O–H groups in total. The van der Waals surface area contributed by atoms with E-state index >= 15 is 0 Å². The normalized spacial score (nSPS) is 16.2. The molecule has 0 bridgehead atoms. The summed E-state index contributed by atoms with van der Waals surface area (Å²) >= 11 is 0. The maximum absolute atomic E-state index is 12.5. The van der Waals surface area contributed by atoms with E-state index in [1.165, 1.54) is 10.9 Å². The van der Waals surface area contributed by atoms with Gasteiger partial charge in [-0.15, -0.1) is 0 Å². The molecule has 0 unspecified atom stereocenters. The first-order valence-corrected chi connectivity index (χ1v) is 10.4. The average molecular weight is 396 g/mol. The Labute approximate surface area is 171 Å². The zero-order valence-corrected chi connectivity index (χ0v) is 16.9. The van der Waals surface area contributed by atoms with Gasteiger partial charge in [0.2, 0.25) is 5.91 Å². The van der Waals surface area contributed by atoms with Gasteiger partial charge in [-0.2, -0.15) is 0 Å². The molecule has 29 heavy (non-hydrogen) atoms. The van der Waals surface area contributed by atoms with Crippen LogP contribution in [0.25, 0.3) is 10.9 Å². The van der Waals surface area contributed by atoms with Crippen LogP contribution in [0.15, 0.2) is 47.0 Å². The monoisotopic (exact) mass is 395 g/mol. The zero-order valence-electron chi connectivity index (χ0n) is 16.9. The van der Waals surface area contributed by atoms with Crippen molar-refractivity contribution in [3.05, 3.63) is 59.7 Å². The number of rotatable bonds is 8. The van der Waals surface area contributed by atoms with Crippen LogP contribution >= 0.6 is 0 Å². The fraction of sp³-hybridized carbons (Fsp3) is 0.435. The maximum Gasteiger partial charge on any atom is 0.220 e. The molecule has 1 aliphatic heterocycles. The highest BCUT2D eigenvalue weighted by Crippen LogP contribution is 2.23. The van der Waals surface area contributed by atoms with Gasteiger partial charge in [-0.05, 0) is 43.5 Å². The number of ether oxygens (including phenoxy) is 1. The van der Waals surface area contributed by atoms with E-state index in [0.29, 0.717) is 13.0 Å². The molecule has 0 aliphatic carbocycles. The first kappa shape index (κ1) is 19.7. The number of benzene rings is 1. The lowest BCUT2D eigenvalue weighted by atomic mass is 10.1. The fourth-order valence-electron chi connectivity index (χ4n) is 4.01. The number of nitrogens with one attached hydrogen (secondary N) is 2. The smallest absolute Gasteiger partial charge is 0.220 e. The average Bonchev–Trinajstić information content (AvgIpc) is 3.36. The molecule has 3 aromatic rings.